The van der Waals surface area contributed by atoms with Crippen LogP contribution in [0.25, 0.3) is 0 Å². The molecule has 0 bridgehead atoms. The lowest BCUT2D eigenvalue weighted by Gasteiger charge is -2.34. The molecular formula is C23H23F2N3O3S. The van der Waals surface area contributed by atoms with Crippen molar-refractivity contribution in [1.82, 2.24) is 4.90 Å². The zero-order valence-corrected chi connectivity index (χ0v) is 18.2. The largest absolute Gasteiger partial charge is 0.341 e. The van der Waals surface area contributed by atoms with E-state index in [1.807, 2.05) is 12.1 Å². The summed E-state index contributed by atoms with van der Waals surface area (Å²) < 4.78 is 26.6. The molecule has 2 aliphatic rings. The summed E-state index contributed by atoms with van der Waals surface area (Å²) in [5.41, 5.74) is 0.626. The molecule has 168 valence electrons. The second-order valence-corrected chi connectivity index (χ2v) is 8.95. The van der Waals surface area contributed by atoms with Crippen LogP contribution in [0.4, 0.5) is 20.2 Å². The molecule has 1 unspecified atom stereocenters. The monoisotopic (exact) mass is 459 g/mol. The molecular weight excluding hydrogens is 436 g/mol. The van der Waals surface area contributed by atoms with Gasteiger partial charge in [-0.3, -0.25) is 14.4 Å². The smallest absolute Gasteiger partial charge is 0.250 e. The van der Waals surface area contributed by atoms with E-state index in [2.05, 4.69) is 5.32 Å². The molecule has 0 aliphatic carbocycles. The van der Waals surface area contributed by atoms with Gasteiger partial charge in [0.2, 0.25) is 11.8 Å². The third-order valence-electron chi connectivity index (χ3n) is 5.54. The maximum atomic E-state index is 13.5. The molecule has 2 heterocycles. The summed E-state index contributed by atoms with van der Waals surface area (Å²) in [4.78, 5) is 42.9. The number of likely N-dealkylation sites (tertiary alicyclic amines) is 1. The van der Waals surface area contributed by atoms with E-state index in [9.17, 15) is 23.2 Å². The van der Waals surface area contributed by atoms with Crippen molar-refractivity contribution in [2.75, 3.05) is 29.9 Å². The van der Waals surface area contributed by atoms with E-state index >= 15 is 0 Å². The van der Waals surface area contributed by atoms with Gasteiger partial charge in [-0.15, -0.1) is 11.8 Å². The van der Waals surface area contributed by atoms with E-state index in [-0.39, 0.29) is 18.1 Å². The van der Waals surface area contributed by atoms with Gasteiger partial charge in [0.25, 0.3) is 5.91 Å². The van der Waals surface area contributed by atoms with Crippen molar-refractivity contribution in [1.29, 1.82) is 0 Å². The molecule has 2 aromatic rings. The van der Waals surface area contributed by atoms with E-state index in [1.54, 1.807) is 17.0 Å². The number of hydrogen-bond acceptors (Lipinski definition) is 4. The molecule has 2 aromatic carbocycles. The van der Waals surface area contributed by atoms with Crippen LogP contribution in [0.3, 0.4) is 0 Å². The fraction of sp³-hybridized carbons (Fsp3) is 0.348. The molecule has 2 aliphatic heterocycles. The predicted molar refractivity (Wildman–Crippen MR) is 118 cm³/mol. The first kappa shape index (κ1) is 22.3. The van der Waals surface area contributed by atoms with Gasteiger partial charge in [-0.1, -0.05) is 25.0 Å². The minimum Gasteiger partial charge on any atom is -0.341 e. The number of para-hydroxylation sites is 1. The number of thioether (sulfide) groups is 1. The van der Waals surface area contributed by atoms with Crippen LogP contribution >= 0.6 is 11.8 Å². The average molecular weight is 460 g/mol. The third-order valence-corrected chi connectivity index (χ3v) is 6.78. The SMILES string of the molecule is O=C(CN1C(=O)C(C(=O)N2CCCCCC2)Sc2ccccc21)Nc1ccc(F)c(F)c1. The fourth-order valence-corrected chi connectivity index (χ4v) is 5.10. The van der Waals surface area contributed by atoms with Crippen molar-refractivity contribution in [2.45, 2.75) is 35.8 Å². The van der Waals surface area contributed by atoms with Crippen LogP contribution in [0.1, 0.15) is 25.7 Å². The van der Waals surface area contributed by atoms with E-state index in [0.717, 1.165) is 42.7 Å². The summed E-state index contributed by atoms with van der Waals surface area (Å²) >= 11 is 1.21. The molecule has 1 atom stereocenters. The van der Waals surface area contributed by atoms with E-state index in [1.165, 1.54) is 22.7 Å². The first-order valence-corrected chi connectivity index (χ1v) is 11.4. The summed E-state index contributed by atoms with van der Waals surface area (Å²) in [5.74, 6) is -3.37. The zero-order valence-electron chi connectivity index (χ0n) is 17.4. The minimum absolute atomic E-state index is 0.0817. The Bertz CT molecular complexity index is 1040. The van der Waals surface area contributed by atoms with Crippen LogP contribution in [0.5, 0.6) is 0 Å². The number of nitrogens with zero attached hydrogens (tertiary/aromatic N) is 2. The zero-order chi connectivity index (χ0) is 22.7. The molecule has 0 aromatic heterocycles. The Labute approximate surface area is 188 Å². The Kier molecular flexibility index (Phi) is 6.74. The maximum Gasteiger partial charge on any atom is 0.250 e. The topological polar surface area (TPSA) is 69.7 Å². The van der Waals surface area contributed by atoms with Crippen molar-refractivity contribution in [3.63, 3.8) is 0 Å². The number of nitrogens with one attached hydrogen (secondary N) is 1. The second-order valence-electron chi connectivity index (χ2n) is 7.81. The summed E-state index contributed by atoms with van der Waals surface area (Å²) in [6.45, 7) is 0.905. The second kappa shape index (κ2) is 9.68. The first-order chi connectivity index (χ1) is 15.4. The number of fused-ring (bicyclic) bond motifs is 1. The predicted octanol–water partition coefficient (Wildman–Crippen LogP) is 3.81. The highest BCUT2D eigenvalue weighted by atomic mass is 32.2. The van der Waals surface area contributed by atoms with E-state index in [4.69, 9.17) is 0 Å². The molecule has 32 heavy (non-hydrogen) atoms. The summed E-state index contributed by atoms with van der Waals surface area (Å²) in [7, 11) is 0. The lowest BCUT2D eigenvalue weighted by Crippen LogP contribution is -2.51. The van der Waals surface area contributed by atoms with Gasteiger partial charge in [-0.25, -0.2) is 8.78 Å². The number of rotatable bonds is 4. The third kappa shape index (κ3) is 4.77. The van der Waals surface area contributed by atoms with E-state index < -0.39 is 28.7 Å². The summed E-state index contributed by atoms with van der Waals surface area (Å²) in [6, 6.07) is 10.1. The van der Waals surface area contributed by atoms with Gasteiger partial charge >= 0.3 is 0 Å². The molecule has 4 rings (SSSR count). The molecule has 6 nitrogen and oxygen atoms in total. The van der Waals surface area contributed by atoms with Crippen LogP contribution < -0.4 is 10.2 Å². The Morgan fingerprint density at radius 2 is 1.72 bits per heavy atom. The van der Waals surface area contributed by atoms with Gasteiger partial charge in [-0.05, 0) is 37.1 Å². The van der Waals surface area contributed by atoms with Crippen LogP contribution in [-0.2, 0) is 14.4 Å². The molecule has 1 fully saturated rings. The summed E-state index contributed by atoms with van der Waals surface area (Å²) in [6.07, 6.45) is 3.95. The average Bonchev–Trinajstić information content (AvgIpc) is 3.07. The van der Waals surface area contributed by atoms with Gasteiger partial charge in [0.05, 0.1) is 5.69 Å². The molecule has 3 amide bonds. The van der Waals surface area contributed by atoms with Crippen LogP contribution in [0.2, 0.25) is 0 Å². The number of benzene rings is 2. The Balaban J connectivity index is 1.54. The van der Waals surface area contributed by atoms with Gasteiger partial charge in [0, 0.05) is 29.7 Å². The van der Waals surface area contributed by atoms with Crippen LogP contribution in [0.15, 0.2) is 47.4 Å². The minimum atomic E-state index is -1.08. The quantitative estimate of drug-likeness (QED) is 0.706. The Morgan fingerprint density at radius 1 is 1.00 bits per heavy atom. The molecule has 0 radical (unpaired) electrons. The number of halogens is 2. The standard InChI is InChI=1S/C23H23F2N3O3S/c24-16-10-9-15(13-17(16)25)26-20(29)14-28-18-7-3-4-8-19(18)32-21(23(28)31)22(30)27-11-5-1-2-6-12-27/h3-4,7-10,13,21H,1-2,5-6,11-12,14H2,(H,26,29). The van der Waals surface area contributed by atoms with Crippen LogP contribution in [0, 0.1) is 11.6 Å². The maximum absolute atomic E-state index is 13.5. The highest BCUT2D eigenvalue weighted by molar-refractivity contribution is 8.01. The lowest BCUT2D eigenvalue weighted by atomic mass is 10.2. The van der Waals surface area contributed by atoms with Crippen molar-refractivity contribution in [3.05, 3.63) is 54.1 Å². The number of carbonyl (C=O) groups excluding carboxylic acids is 3. The lowest BCUT2D eigenvalue weighted by molar-refractivity contribution is -0.135. The van der Waals surface area contributed by atoms with Crippen molar-refractivity contribution >= 4 is 40.9 Å². The number of carbonyl (C=O) groups is 3. The first-order valence-electron chi connectivity index (χ1n) is 10.5. The molecule has 0 saturated carbocycles. The van der Waals surface area contributed by atoms with Crippen molar-refractivity contribution in [2.24, 2.45) is 0 Å². The highest BCUT2D eigenvalue weighted by Crippen LogP contribution is 2.39. The highest BCUT2D eigenvalue weighted by Gasteiger charge is 2.40. The Hall–Kier alpha value is -2.94. The van der Waals surface area contributed by atoms with Gasteiger partial charge in [0.1, 0.15) is 6.54 Å². The van der Waals surface area contributed by atoms with Crippen LogP contribution in [-0.4, -0.2) is 47.5 Å². The number of anilines is 2. The molecule has 1 N–H and O–H groups in total. The normalized spacial score (nSPS) is 18.7. The summed E-state index contributed by atoms with van der Waals surface area (Å²) in [5, 5.41) is 1.52. The van der Waals surface area contributed by atoms with Gasteiger partial charge < -0.3 is 15.1 Å². The van der Waals surface area contributed by atoms with Gasteiger partial charge in [-0.2, -0.15) is 0 Å². The Morgan fingerprint density at radius 3 is 2.44 bits per heavy atom. The van der Waals surface area contributed by atoms with E-state index in [0.29, 0.717) is 18.8 Å². The number of hydrogen-bond donors (Lipinski definition) is 1. The fourth-order valence-electron chi connectivity index (χ4n) is 3.91. The molecule has 0 spiro atoms. The van der Waals surface area contributed by atoms with Gasteiger partial charge in [0.15, 0.2) is 16.9 Å². The molecule has 9 heteroatoms. The number of amides is 3. The molecule has 1 saturated heterocycles. The van der Waals surface area contributed by atoms with Crippen molar-refractivity contribution in [3.8, 4) is 0 Å². The van der Waals surface area contributed by atoms with Crippen molar-refractivity contribution < 1.29 is 23.2 Å².